The number of nitrogens with one attached hydrogen (secondary N) is 3. The molecule has 4 N–H and O–H groups in total. The summed E-state index contributed by atoms with van der Waals surface area (Å²) in [4.78, 5) is 37.2. The molecule has 198 valence electrons. The van der Waals surface area contributed by atoms with E-state index in [1.54, 1.807) is 0 Å². The lowest BCUT2D eigenvalue weighted by molar-refractivity contribution is -0.139. The van der Waals surface area contributed by atoms with Crippen LogP contribution < -0.4 is 10.6 Å². The Bertz CT molecular complexity index is 1600. The maximum atomic E-state index is 12.9. The number of aliphatic carboxylic acids is 1. The summed E-state index contributed by atoms with van der Waals surface area (Å²) in [5.74, 6) is -0.160. The van der Waals surface area contributed by atoms with E-state index in [4.69, 9.17) is 0 Å². The normalized spacial score (nSPS) is 11.9. The van der Waals surface area contributed by atoms with Crippen LogP contribution in [-0.2, 0) is 17.8 Å². The van der Waals surface area contributed by atoms with E-state index in [9.17, 15) is 14.7 Å². The van der Waals surface area contributed by atoms with Gasteiger partial charge in [-0.25, -0.2) is 14.8 Å². The summed E-state index contributed by atoms with van der Waals surface area (Å²) in [5, 5.41) is 16.5. The number of amides is 1. The highest BCUT2D eigenvalue weighted by molar-refractivity contribution is 7.09. The lowest BCUT2D eigenvalue weighted by Crippen LogP contribution is -2.42. The van der Waals surface area contributed by atoms with Crippen molar-refractivity contribution >= 4 is 40.4 Å². The number of anilines is 1. The number of carbonyl (C=O) groups excluding carboxylic acids is 1. The van der Waals surface area contributed by atoms with Gasteiger partial charge in [-0.1, -0.05) is 54.1 Å². The Kier molecular flexibility index (Phi) is 7.38. The van der Waals surface area contributed by atoms with E-state index in [1.165, 1.54) is 11.5 Å². The topological polar surface area (TPSA) is 133 Å². The number of rotatable bonds is 9. The first-order chi connectivity index (χ1) is 18.8. The quantitative estimate of drug-likeness (QED) is 0.206. The molecule has 9 nitrogen and oxygen atoms in total. The van der Waals surface area contributed by atoms with Gasteiger partial charge in [0.25, 0.3) is 5.91 Å². The molecule has 0 radical (unpaired) electrons. The van der Waals surface area contributed by atoms with Crippen LogP contribution in [-0.4, -0.2) is 42.4 Å². The number of nitrogens with zero attached hydrogens (tertiary/aromatic N) is 3. The van der Waals surface area contributed by atoms with Gasteiger partial charge in [0, 0.05) is 17.5 Å². The summed E-state index contributed by atoms with van der Waals surface area (Å²) in [7, 11) is 0. The van der Waals surface area contributed by atoms with Crippen LogP contribution in [0, 0.1) is 20.8 Å². The fourth-order valence-electron chi connectivity index (χ4n) is 4.63. The van der Waals surface area contributed by atoms with Crippen molar-refractivity contribution < 1.29 is 14.7 Å². The average Bonchev–Trinajstić information content (AvgIpc) is 3.54. The average molecular weight is 541 g/mol. The van der Waals surface area contributed by atoms with Crippen LogP contribution in [0.15, 0.2) is 60.7 Å². The molecule has 0 aliphatic carbocycles. The minimum atomic E-state index is -1.08. The molecule has 3 aromatic carbocycles. The molecule has 0 aliphatic heterocycles. The molecular weight excluding hydrogens is 512 g/mol. The molecule has 5 aromatic rings. The molecule has 2 aromatic heterocycles. The van der Waals surface area contributed by atoms with Crippen molar-refractivity contribution in [3.63, 3.8) is 0 Å². The summed E-state index contributed by atoms with van der Waals surface area (Å²) in [5.41, 5.74) is 6.73. The number of hydrogen-bond donors (Lipinski definition) is 4. The molecule has 0 saturated carbocycles. The van der Waals surface area contributed by atoms with Gasteiger partial charge in [0.05, 0.1) is 17.6 Å². The van der Waals surface area contributed by atoms with Crippen molar-refractivity contribution in [3.8, 4) is 10.6 Å². The molecule has 2 heterocycles. The van der Waals surface area contributed by atoms with Crippen LogP contribution in [0.2, 0.25) is 0 Å². The molecule has 0 bridgehead atoms. The number of hydrogen-bond acceptors (Lipinski definition) is 7. The van der Waals surface area contributed by atoms with E-state index < -0.39 is 12.0 Å². The summed E-state index contributed by atoms with van der Waals surface area (Å²) < 4.78 is 4.44. The van der Waals surface area contributed by atoms with E-state index in [1.807, 2.05) is 81.4 Å². The van der Waals surface area contributed by atoms with Gasteiger partial charge < -0.3 is 20.7 Å². The van der Waals surface area contributed by atoms with E-state index in [0.29, 0.717) is 23.9 Å². The number of aromatic nitrogens is 4. The Morgan fingerprint density at radius 1 is 1.00 bits per heavy atom. The van der Waals surface area contributed by atoms with Gasteiger partial charge in [0.15, 0.2) is 5.82 Å². The Hall–Kier alpha value is -4.57. The number of fused-ring (bicyclic) bond motifs is 1. The molecule has 1 atom stereocenters. The molecule has 10 heteroatoms. The molecule has 0 saturated heterocycles. The van der Waals surface area contributed by atoms with Crippen LogP contribution in [0.5, 0.6) is 0 Å². The van der Waals surface area contributed by atoms with Crippen molar-refractivity contribution in [3.05, 3.63) is 94.3 Å². The maximum Gasteiger partial charge on any atom is 0.326 e. The third kappa shape index (κ3) is 5.96. The summed E-state index contributed by atoms with van der Waals surface area (Å²) in [6.07, 6.45) is 0.161. The second kappa shape index (κ2) is 11.0. The number of carboxylic acid groups (broad SMARTS) is 1. The van der Waals surface area contributed by atoms with Crippen molar-refractivity contribution in [1.82, 2.24) is 24.6 Å². The number of carbonyl (C=O) groups is 2. The molecule has 1 amide bonds. The van der Waals surface area contributed by atoms with E-state index >= 15 is 0 Å². The second-order valence-corrected chi connectivity index (χ2v) is 10.3. The van der Waals surface area contributed by atoms with Crippen LogP contribution in [0.25, 0.3) is 21.6 Å². The van der Waals surface area contributed by atoms with Crippen LogP contribution in [0.4, 0.5) is 5.95 Å². The SMILES string of the molecule is Cc1cc(C)c(C(=O)NC(Cc2ccc(-c3nc(CNc4nc5ccccc5[nH]4)ns3)cc2)C(=O)O)c(C)c1. The number of imidazole rings is 1. The Morgan fingerprint density at radius 3 is 2.41 bits per heavy atom. The van der Waals surface area contributed by atoms with E-state index in [-0.39, 0.29) is 12.3 Å². The smallest absolute Gasteiger partial charge is 0.326 e. The molecule has 1 unspecified atom stereocenters. The van der Waals surface area contributed by atoms with E-state index in [2.05, 4.69) is 30.0 Å². The Morgan fingerprint density at radius 2 is 1.72 bits per heavy atom. The monoisotopic (exact) mass is 540 g/mol. The Balaban J connectivity index is 1.22. The zero-order valence-electron chi connectivity index (χ0n) is 21.8. The highest BCUT2D eigenvalue weighted by Gasteiger charge is 2.23. The predicted octanol–water partition coefficient (Wildman–Crippen LogP) is 5.04. The van der Waals surface area contributed by atoms with Crippen LogP contribution in [0.3, 0.4) is 0 Å². The molecular formula is C29H28N6O3S. The number of aromatic amines is 1. The molecule has 0 fully saturated rings. The zero-order valence-corrected chi connectivity index (χ0v) is 22.6. The lowest BCUT2D eigenvalue weighted by atomic mass is 9.98. The zero-order chi connectivity index (χ0) is 27.5. The van der Waals surface area contributed by atoms with Gasteiger partial charge in [0.1, 0.15) is 11.0 Å². The van der Waals surface area contributed by atoms with Crippen LogP contribution >= 0.6 is 11.5 Å². The van der Waals surface area contributed by atoms with Crippen molar-refractivity contribution in [1.29, 1.82) is 0 Å². The number of aryl methyl sites for hydroxylation is 3. The highest BCUT2D eigenvalue weighted by atomic mass is 32.1. The molecule has 0 aliphatic rings. The second-order valence-electron chi connectivity index (χ2n) is 9.51. The van der Waals surface area contributed by atoms with E-state index in [0.717, 1.165) is 43.9 Å². The minimum absolute atomic E-state index is 0.161. The van der Waals surface area contributed by atoms with Gasteiger partial charge in [-0.2, -0.15) is 4.37 Å². The minimum Gasteiger partial charge on any atom is -0.480 e. The fourth-order valence-corrected chi connectivity index (χ4v) is 5.32. The Labute approximate surface area is 229 Å². The van der Waals surface area contributed by atoms with Crippen LogP contribution in [0.1, 0.15) is 38.4 Å². The first-order valence-electron chi connectivity index (χ1n) is 12.5. The van der Waals surface area contributed by atoms with Crippen molar-refractivity contribution in [2.24, 2.45) is 0 Å². The predicted molar refractivity (Wildman–Crippen MR) is 152 cm³/mol. The third-order valence-electron chi connectivity index (χ3n) is 6.42. The summed E-state index contributed by atoms with van der Waals surface area (Å²) >= 11 is 1.29. The number of carboxylic acids is 1. The largest absolute Gasteiger partial charge is 0.480 e. The van der Waals surface area contributed by atoms with Crippen molar-refractivity contribution in [2.75, 3.05) is 5.32 Å². The number of para-hydroxylation sites is 2. The van der Waals surface area contributed by atoms with Gasteiger partial charge in [-0.15, -0.1) is 0 Å². The molecule has 39 heavy (non-hydrogen) atoms. The summed E-state index contributed by atoms with van der Waals surface area (Å²) in [6.45, 7) is 6.11. The standard InChI is InChI=1S/C29H28N6O3S/c1-16-12-17(2)25(18(3)13-16)26(36)31-23(28(37)38)14-19-8-10-20(11-9-19)27-34-24(35-39-27)15-30-29-32-21-6-4-5-7-22(21)33-29/h4-13,23H,14-15H2,1-3H3,(H,31,36)(H,37,38)(H2,30,32,33). The number of benzene rings is 3. The van der Waals surface area contributed by atoms with Crippen molar-refractivity contribution in [2.45, 2.75) is 39.8 Å². The molecule has 5 rings (SSSR count). The third-order valence-corrected chi connectivity index (χ3v) is 7.22. The first-order valence-corrected chi connectivity index (χ1v) is 13.3. The van der Waals surface area contributed by atoms with Gasteiger partial charge in [-0.05, 0) is 61.1 Å². The summed E-state index contributed by atoms with van der Waals surface area (Å²) in [6, 6.07) is 18.1. The van der Waals surface area contributed by atoms with Gasteiger partial charge >= 0.3 is 5.97 Å². The van der Waals surface area contributed by atoms with Gasteiger partial charge in [-0.3, -0.25) is 4.79 Å². The first kappa shape index (κ1) is 26.1. The lowest BCUT2D eigenvalue weighted by Gasteiger charge is -2.17. The fraction of sp³-hybridized carbons (Fsp3) is 0.207. The number of H-pyrrole nitrogens is 1. The highest BCUT2D eigenvalue weighted by Crippen LogP contribution is 2.23. The molecule has 0 spiro atoms. The van der Waals surface area contributed by atoms with Gasteiger partial charge in [0.2, 0.25) is 5.95 Å². The maximum absolute atomic E-state index is 12.9.